The number of hydrogen-bond acceptors (Lipinski definition) is 4. The number of thiophene rings is 1. The van der Waals surface area contributed by atoms with Crippen LogP contribution in [0.25, 0.3) is 0 Å². The van der Waals surface area contributed by atoms with E-state index in [2.05, 4.69) is 6.92 Å². The minimum Gasteiger partial charge on any atom is -0.345 e. The first-order valence-corrected chi connectivity index (χ1v) is 9.24. The number of nitrogens with zero attached hydrogens (tertiary/aromatic N) is 1. The van der Waals surface area contributed by atoms with E-state index in [-0.39, 0.29) is 16.5 Å². The maximum atomic E-state index is 11.9. The Morgan fingerprint density at radius 3 is 2.58 bits per heavy atom. The molecule has 0 unspecified atom stereocenters. The van der Waals surface area contributed by atoms with E-state index in [1.54, 1.807) is 18.0 Å². The molecule has 1 rings (SSSR count). The van der Waals surface area contributed by atoms with Crippen LogP contribution < -0.4 is 0 Å². The summed E-state index contributed by atoms with van der Waals surface area (Å²) >= 11 is 1.05. The van der Waals surface area contributed by atoms with Gasteiger partial charge in [-0.05, 0) is 18.6 Å². The Hall–Kier alpha value is -0.590. The molecule has 0 N–H and O–H groups in total. The molecular weight excluding hydrogens is 306 g/mol. The first-order valence-electron chi connectivity index (χ1n) is 6.12. The summed E-state index contributed by atoms with van der Waals surface area (Å²) in [4.78, 5) is 14.3. The molecule has 0 spiro atoms. The van der Waals surface area contributed by atoms with Crippen molar-refractivity contribution in [2.45, 2.75) is 36.8 Å². The second kappa shape index (κ2) is 7.26. The molecule has 0 bridgehead atoms. The molecule has 0 aromatic carbocycles. The van der Waals surface area contributed by atoms with Gasteiger partial charge in [0.05, 0.1) is 6.42 Å². The summed E-state index contributed by atoms with van der Waals surface area (Å²) in [5, 5.41) is 0. The third-order valence-electron chi connectivity index (χ3n) is 2.73. The zero-order chi connectivity index (χ0) is 14.5. The number of hydrogen-bond donors (Lipinski definition) is 0. The Morgan fingerprint density at radius 2 is 2.05 bits per heavy atom. The van der Waals surface area contributed by atoms with Crippen molar-refractivity contribution in [1.29, 1.82) is 0 Å². The van der Waals surface area contributed by atoms with Crippen LogP contribution in [0.5, 0.6) is 0 Å². The third kappa shape index (κ3) is 5.50. The van der Waals surface area contributed by atoms with Crippen LogP contribution in [0.15, 0.2) is 16.3 Å². The Kier molecular flexibility index (Phi) is 6.29. The molecule has 0 atom stereocenters. The Balaban J connectivity index is 2.55. The van der Waals surface area contributed by atoms with Gasteiger partial charge in [0.25, 0.3) is 9.05 Å². The van der Waals surface area contributed by atoms with E-state index in [1.807, 2.05) is 0 Å². The van der Waals surface area contributed by atoms with Crippen molar-refractivity contribution in [3.63, 3.8) is 0 Å². The molecule has 1 aromatic rings. The fourth-order valence-corrected chi connectivity index (χ4v) is 3.71. The molecule has 108 valence electrons. The Labute approximate surface area is 122 Å². The summed E-state index contributed by atoms with van der Waals surface area (Å²) in [5.41, 5.74) is 0. The molecular formula is C12H18ClNO3S2. The van der Waals surface area contributed by atoms with Gasteiger partial charge >= 0.3 is 0 Å². The second-order valence-corrected chi connectivity index (χ2v) is 8.32. The highest BCUT2D eigenvalue weighted by Crippen LogP contribution is 2.25. The van der Waals surface area contributed by atoms with Crippen LogP contribution >= 0.6 is 22.0 Å². The van der Waals surface area contributed by atoms with Gasteiger partial charge in [0.2, 0.25) is 5.91 Å². The smallest absolute Gasteiger partial charge is 0.270 e. The molecule has 1 amide bonds. The quantitative estimate of drug-likeness (QED) is 0.572. The normalized spacial score (nSPS) is 11.5. The minimum absolute atomic E-state index is 0.00327. The molecule has 0 aliphatic carbocycles. The van der Waals surface area contributed by atoms with Gasteiger partial charge in [-0.2, -0.15) is 0 Å². The molecule has 1 heterocycles. The summed E-state index contributed by atoms with van der Waals surface area (Å²) in [5.74, 6) is -0.00327. The highest BCUT2D eigenvalue weighted by atomic mass is 35.7. The number of unbranched alkanes of at least 4 members (excludes halogenated alkanes) is 2. The second-order valence-electron chi connectivity index (χ2n) is 4.36. The zero-order valence-corrected chi connectivity index (χ0v) is 13.4. The average molecular weight is 324 g/mol. The molecule has 4 nitrogen and oxygen atoms in total. The van der Waals surface area contributed by atoms with Crippen LogP contribution in [-0.4, -0.2) is 32.8 Å². The molecule has 0 aliphatic rings. The molecule has 0 fully saturated rings. The average Bonchev–Trinajstić information content (AvgIpc) is 2.77. The molecule has 0 saturated heterocycles. The standard InChI is InChI=1S/C12H18ClNO3S2/c1-3-4-5-8-14(2)11(15)9-10-6-7-12(18-10)19(13,16)17/h6-7H,3-5,8-9H2,1-2H3. The number of amides is 1. The summed E-state index contributed by atoms with van der Waals surface area (Å²) in [6, 6.07) is 3.07. The number of halogens is 1. The molecule has 0 saturated carbocycles. The highest BCUT2D eigenvalue weighted by Gasteiger charge is 2.16. The van der Waals surface area contributed by atoms with Crippen LogP contribution in [-0.2, 0) is 20.3 Å². The van der Waals surface area contributed by atoms with E-state index < -0.39 is 9.05 Å². The van der Waals surface area contributed by atoms with Gasteiger partial charge < -0.3 is 4.90 Å². The zero-order valence-electron chi connectivity index (χ0n) is 11.1. The van der Waals surface area contributed by atoms with E-state index in [1.165, 1.54) is 6.07 Å². The van der Waals surface area contributed by atoms with Crippen molar-refractivity contribution in [2.75, 3.05) is 13.6 Å². The number of rotatable bonds is 7. The van der Waals surface area contributed by atoms with Gasteiger partial charge in [-0.3, -0.25) is 4.79 Å². The summed E-state index contributed by atoms with van der Waals surface area (Å²) in [6.07, 6.45) is 3.43. The molecule has 7 heteroatoms. The largest absolute Gasteiger partial charge is 0.345 e. The third-order valence-corrected chi connectivity index (χ3v) is 5.90. The van der Waals surface area contributed by atoms with Crippen molar-refractivity contribution in [3.8, 4) is 0 Å². The topological polar surface area (TPSA) is 54.5 Å². The van der Waals surface area contributed by atoms with Crippen molar-refractivity contribution >= 4 is 37.0 Å². The first-order chi connectivity index (χ1) is 8.84. The van der Waals surface area contributed by atoms with Gasteiger partial charge in [-0.15, -0.1) is 11.3 Å². The lowest BCUT2D eigenvalue weighted by molar-refractivity contribution is -0.129. The van der Waals surface area contributed by atoms with E-state index in [4.69, 9.17) is 10.7 Å². The van der Waals surface area contributed by atoms with E-state index in [0.717, 1.165) is 37.1 Å². The van der Waals surface area contributed by atoms with Gasteiger partial charge in [-0.1, -0.05) is 19.8 Å². The minimum atomic E-state index is -3.69. The summed E-state index contributed by atoms with van der Waals surface area (Å²) in [6.45, 7) is 2.85. The number of likely N-dealkylation sites (N-methyl/N-ethyl adjacent to an activating group) is 1. The van der Waals surface area contributed by atoms with Crippen molar-refractivity contribution < 1.29 is 13.2 Å². The van der Waals surface area contributed by atoms with Crippen LogP contribution in [0.3, 0.4) is 0 Å². The van der Waals surface area contributed by atoms with Crippen LogP contribution in [0.2, 0.25) is 0 Å². The first kappa shape index (κ1) is 16.5. The predicted molar refractivity (Wildman–Crippen MR) is 78.2 cm³/mol. The van der Waals surface area contributed by atoms with Gasteiger partial charge in [0.1, 0.15) is 4.21 Å². The highest BCUT2D eigenvalue weighted by molar-refractivity contribution is 8.15. The van der Waals surface area contributed by atoms with Crippen molar-refractivity contribution in [1.82, 2.24) is 4.90 Å². The van der Waals surface area contributed by atoms with Crippen LogP contribution in [0.4, 0.5) is 0 Å². The van der Waals surface area contributed by atoms with Crippen LogP contribution in [0, 0.1) is 0 Å². The summed E-state index contributed by atoms with van der Waals surface area (Å²) < 4.78 is 22.3. The van der Waals surface area contributed by atoms with Gasteiger partial charge in [0, 0.05) is 29.2 Å². The fraction of sp³-hybridized carbons (Fsp3) is 0.583. The summed E-state index contributed by atoms with van der Waals surface area (Å²) in [7, 11) is 3.32. The van der Waals surface area contributed by atoms with Crippen LogP contribution in [0.1, 0.15) is 31.1 Å². The number of carbonyl (C=O) groups is 1. The maximum Gasteiger partial charge on any atom is 0.270 e. The van der Waals surface area contributed by atoms with E-state index >= 15 is 0 Å². The van der Waals surface area contributed by atoms with E-state index in [9.17, 15) is 13.2 Å². The SMILES string of the molecule is CCCCCN(C)C(=O)Cc1ccc(S(=O)(=O)Cl)s1. The van der Waals surface area contributed by atoms with Gasteiger partial charge in [-0.25, -0.2) is 8.42 Å². The monoisotopic (exact) mass is 323 g/mol. The molecule has 1 aromatic heterocycles. The Bertz CT molecular complexity index is 525. The van der Waals surface area contributed by atoms with Crippen molar-refractivity contribution in [2.24, 2.45) is 0 Å². The fourth-order valence-electron chi connectivity index (χ4n) is 1.59. The van der Waals surface area contributed by atoms with Crippen molar-refractivity contribution in [3.05, 3.63) is 17.0 Å². The lowest BCUT2D eigenvalue weighted by atomic mass is 10.2. The molecule has 0 radical (unpaired) electrons. The number of carbonyl (C=O) groups excluding carboxylic acids is 1. The molecule has 19 heavy (non-hydrogen) atoms. The molecule has 0 aliphatic heterocycles. The van der Waals surface area contributed by atoms with Gasteiger partial charge in [0.15, 0.2) is 0 Å². The maximum absolute atomic E-state index is 11.9. The Morgan fingerprint density at radius 1 is 1.37 bits per heavy atom. The lowest BCUT2D eigenvalue weighted by Gasteiger charge is -2.16. The van der Waals surface area contributed by atoms with E-state index in [0.29, 0.717) is 4.88 Å². The predicted octanol–water partition coefficient (Wildman–Crippen LogP) is 2.87. The lowest BCUT2D eigenvalue weighted by Crippen LogP contribution is -2.28.